The highest BCUT2D eigenvalue weighted by Gasteiger charge is 2.45. The highest BCUT2D eigenvalue weighted by atomic mass is 19.2. The predicted molar refractivity (Wildman–Crippen MR) is 185 cm³/mol. The number of nitrogens with one attached hydrogen (secondary N) is 1. The van der Waals surface area contributed by atoms with Crippen LogP contribution in [0.25, 0.3) is 39.0 Å². The molecule has 0 aliphatic carbocycles. The van der Waals surface area contributed by atoms with Crippen LogP contribution in [-0.4, -0.2) is 57.6 Å². The first kappa shape index (κ1) is 31.7. The van der Waals surface area contributed by atoms with E-state index in [9.17, 15) is 29.0 Å². The number of fused-ring (bicyclic) bond motifs is 3. The Bertz CT molecular complexity index is 2820. The molecule has 4 aromatic carbocycles. The summed E-state index contributed by atoms with van der Waals surface area (Å²) in [5, 5.41) is 29.2. The second kappa shape index (κ2) is 11.4. The lowest BCUT2D eigenvalue weighted by molar-refractivity contribution is -0.117. The van der Waals surface area contributed by atoms with E-state index in [1.807, 2.05) is 0 Å². The Morgan fingerprint density at radius 1 is 0.830 bits per heavy atom. The Morgan fingerprint density at radius 3 is 2.36 bits per heavy atom. The molecule has 7 aromatic rings. The molecule has 2 atom stereocenters. The fourth-order valence-electron chi connectivity index (χ4n) is 7.18. The van der Waals surface area contributed by atoms with E-state index in [4.69, 9.17) is 4.63 Å². The van der Waals surface area contributed by atoms with E-state index in [1.54, 1.807) is 60.0 Å². The van der Waals surface area contributed by atoms with Crippen LogP contribution in [0.4, 0.5) is 20.2 Å². The highest BCUT2D eigenvalue weighted by molar-refractivity contribution is 6.16. The number of aliphatic hydroxyl groups excluding tert-OH is 2. The van der Waals surface area contributed by atoms with Crippen molar-refractivity contribution < 1.29 is 38.0 Å². The van der Waals surface area contributed by atoms with Crippen molar-refractivity contribution in [3.05, 3.63) is 125 Å². The number of benzene rings is 4. The van der Waals surface area contributed by atoms with E-state index in [-0.39, 0.29) is 22.6 Å². The number of ketones is 1. The average molecular weight is 715 g/mol. The van der Waals surface area contributed by atoms with Crippen molar-refractivity contribution in [2.24, 2.45) is 0 Å². The number of Topliss-reactive ketones (excluding diaryl/α,β-unsaturated/α-hetero) is 1. The minimum Gasteiger partial charge on any atom is -0.503 e. The van der Waals surface area contributed by atoms with Crippen LogP contribution >= 0.6 is 0 Å². The van der Waals surface area contributed by atoms with Gasteiger partial charge in [0.05, 0.1) is 39.7 Å². The smallest absolute Gasteiger partial charge is 0.294 e. The van der Waals surface area contributed by atoms with Crippen molar-refractivity contribution >= 4 is 62.1 Å². The molecule has 2 amide bonds. The molecule has 262 valence electrons. The molecule has 0 bridgehead atoms. The standard InChI is InChI=1S/C37H24F2N8O6/c1-16-31(18-6-9-24-26(12-18)44-53-43-24)46(35(51)33(16)49)20-8-11-28-27(14-20)40-15-45(28)37-41-23-10-7-19(13-25(23)42-37)47-32(21-4-3-5-22(38)30(21)39)29(17(2)48)34(50)36(47)52/h3-15,31-32,49-50H,1-2H3,(H,41,42). The van der Waals surface area contributed by atoms with Gasteiger partial charge in [-0.15, -0.1) is 0 Å². The minimum absolute atomic E-state index is 0.185. The Kier molecular flexibility index (Phi) is 6.82. The average Bonchev–Trinajstić information content (AvgIpc) is 3.97. The lowest BCUT2D eigenvalue weighted by Gasteiger charge is -2.27. The number of aliphatic hydroxyl groups is 2. The fraction of sp³-hybridized carbons (Fsp3) is 0.108. The number of hydrogen-bond donors (Lipinski definition) is 3. The maximum Gasteiger partial charge on any atom is 0.294 e. The molecule has 0 saturated heterocycles. The summed E-state index contributed by atoms with van der Waals surface area (Å²) in [5.41, 5.74) is 4.29. The Labute approximate surface area is 295 Å². The Hall–Kier alpha value is -7.23. The number of hydrogen-bond acceptors (Lipinski definition) is 10. The third-order valence-electron chi connectivity index (χ3n) is 9.69. The van der Waals surface area contributed by atoms with Crippen molar-refractivity contribution in [3.63, 3.8) is 0 Å². The number of aromatic nitrogens is 6. The van der Waals surface area contributed by atoms with Gasteiger partial charge in [-0.2, -0.15) is 0 Å². The van der Waals surface area contributed by atoms with Crippen LogP contribution in [0.3, 0.4) is 0 Å². The van der Waals surface area contributed by atoms with Crippen molar-refractivity contribution in [1.29, 1.82) is 0 Å². The fourth-order valence-corrected chi connectivity index (χ4v) is 7.18. The maximum atomic E-state index is 15.1. The van der Waals surface area contributed by atoms with Crippen molar-refractivity contribution in [2.75, 3.05) is 9.80 Å². The molecule has 16 heteroatoms. The van der Waals surface area contributed by atoms with Gasteiger partial charge in [-0.3, -0.25) is 28.8 Å². The molecular formula is C37H24F2N8O6. The first-order valence-electron chi connectivity index (χ1n) is 16.2. The van der Waals surface area contributed by atoms with E-state index in [0.717, 1.165) is 17.9 Å². The number of amides is 2. The number of anilines is 2. The summed E-state index contributed by atoms with van der Waals surface area (Å²) >= 11 is 0. The van der Waals surface area contributed by atoms with Gasteiger partial charge in [-0.25, -0.2) is 23.4 Å². The summed E-state index contributed by atoms with van der Waals surface area (Å²) in [6, 6.07) is 16.5. The van der Waals surface area contributed by atoms with E-state index < -0.39 is 47.1 Å². The molecule has 0 fully saturated rings. The van der Waals surface area contributed by atoms with Crippen LogP contribution in [-0.2, 0) is 14.4 Å². The second-order valence-electron chi connectivity index (χ2n) is 12.7. The van der Waals surface area contributed by atoms with Crippen LogP contribution in [0, 0.1) is 11.6 Å². The summed E-state index contributed by atoms with van der Waals surface area (Å²) < 4.78 is 35.9. The number of rotatable bonds is 6. The van der Waals surface area contributed by atoms with Crippen LogP contribution in [0.2, 0.25) is 0 Å². The van der Waals surface area contributed by atoms with Crippen molar-refractivity contribution in [3.8, 4) is 5.95 Å². The lowest BCUT2D eigenvalue weighted by atomic mass is 9.96. The molecule has 3 aromatic heterocycles. The summed E-state index contributed by atoms with van der Waals surface area (Å²) in [6.07, 6.45) is 1.54. The summed E-state index contributed by atoms with van der Waals surface area (Å²) in [4.78, 5) is 54.2. The van der Waals surface area contributed by atoms with Crippen molar-refractivity contribution in [2.45, 2.75) is 25.9 Å². The lowest BCUT2D eigenvalue weighted by Crippen LogP contribution is -2.31. The van der Waals surface area contributed by atoms with E-state index in [2.05, 4.69) is 25.3 Å². The predicted octanol–water partition coefficient (Wildman–Crippen LogP) is 6.13. The summed E-state index contributed by atoms with van der Waals surface area (Å²) in [5.74, 6) is -5.48. The number of halogens is 2. The Balaban J connectivity index is 1.07. The minimum atomic E-state index is -1.42. The molecule has 0 radical (unpaired) electrons. The highest BCUT2D eigenvalue weighted by Crippen LogP contribution is 2.44. The topological polar surface area (TPSA) is 184 Å². The molecule has 2 aliphatic heterocycles. The molecule has 5 heterocycles. The quantitative estimate of drug-likeness (QED) is 0.181. The first-order valence-corrected chi connectivity index (χ1v) is 16.2. The zero-order valence-corrected chi connectivity index (χ0v) is 27.6. The van der Waals surface area contributed by atoms with Gasteiger partial charge in [0.25, 0.3) is 11.8 Å². The largest absolute Gasteiger partial charge is 0.503 e. The van der Waals surface area contributed by atoms with E-state index in [0.29, 0.717) is 55.9 Å². The van der Waals surface area contributed by atoms with Crippen LogP contribution in [0.1, 0.15) is 37.1 Å². The SMILES string of the molecule is CC(=O)C1=C(O)C(=O)N(c2ccc3nc(-n4cnc5cc(N6C(=O)C(O)=C(C)C6c6ccc7nonc7c6)ccc54)[nH]c3c2)C1c1cccc(F)c1F. The Morgan fingerprint density at radius 2 is 1.55 bits per heavy atom. The molecule has 0 saturated carbocycles. The molecule has 9 rings (SSSR count). The zero-order chi connectivity index (χ0) is 36.9. The molecule has 3 N–H and O–H groups in total. The van der Waals surface area contributed by atoms with E-state index >= 15 is 4.39 Å². The van der Waals surface area contributed by atoms with Gasteiger partial charge in [0.1, 0.15) is 17.4 Å². The van der Waals surface area contributed by atoms with Gasteiger partial charge in [0.2, 0.25) is 5.95 Å². The maximum absolute atomic E-state index is 15.1. The zero-order valence-electron chi connectivity index (χ0n) is 27.6. The normalized spacial score (nSPS) is 17.9. The third kappa shape index (κ3) is 4.65. The number of imidazole rings is 2. The summed E-state index contributed by atoms with van der Waals surface area (Å²) in [7, 11) is 0. The van der Waals surface area contributed by atoms with Gasteiger partial charge in [-0.05, 0) is 84.3 Å². The van der Waals surface area contributed by atoms with Gasteiger partial charge in [0, 0.05) is 22.5 Å². The van der Waals surface area contributed by atoms with Gasteiger partial charge in [0.15, 0.2) is 28.9 Å². The van der Waals surface area contributed by atoms with Crippen LogP contribution in [0.5, 0.6) is 0 Å². The van der Waals surface area contributed by atoms with Crippen molar-refractivity contribution in [1.82, 2.24) is 29.8 Å². The summed E-state index contributed by atoms with van der Waals surface area (Å²) in [6.45, 7) is 2.82. The van der Waals surface area contributed by atoms with E-state index in [1.165, 1.54) is 29.4 Å². The monoisotopic (exact) mass is 714 g/mol. The molecule has 2 unspecified atom stereocenters. The molecular weight excluding hydrogens is 690 g/mol. The number of carbonyl (C=O) groups is 3. The van der Waals surface area contributed by atoms with Crippen LogP contribution < -0.4 is 9.80 Å². The third-order valence-corrected chi connectivity index (χ3v) is 9.69. The second-order valence-corrected chi connectivity index (χ2v) is 12.7. The number of nitrogens with zero attached hydrogens (tertiary/aromatic N) is 7. The number of carbonyl (C=O) groups excluding carboxylic acids is 3. The van der Waals surface area contributed by atoms with Crippen LogP contribution in [0.15, 0.2) is 106 Å². The number of aromatic amines is 1. The number of H-pyrrole nitrogens is 1. The molecule has 14 nitrogen and oxygen atoms in total. The van der Waals surface area contributed by atoms with Gasteiger partial charge in [-0.1, -0.05) is 18.2 Å². The molecule has 0 spiro atoms. The van der Waals surface area contributed by atoms with Gasteiger partial charge >= 0.3 is 0 Å². The molecule has 2 aliphatic rings. The van der Waals surface area contributed by atoms with Gasteiger partial charge < -0.3 is 15.2 Å². The molecule has 53 heavy (non-hydrogen) atoms. The first-order chi connectivity index (χ1) is 25.5.